The molecule has 0 radical (unpaired) electrons. The smallest absolute Gasteiger partial charge is 0.236 e. The minimum Gasteiger partial charge on any atom is -0.409 e. The molecule has 6 nitrogen and oxygen atoms in total. The summed E-state index contributed by atoms with van der Waals surface area (Å²) in [6, 6.07) is 0.0858. The number of morpholine rings is 1. The number of ether oxygens (including phenoxy) is 1. The van der Waals surface area contributed by atoms with E-state index in [-0.39, 0.29) is 23.9 Å². The lowest BCUT2D eigenvalue weighted by atomic mass is 9.82. The van der Waals surface area contributed by atoms with Crippen LogP contribution in [0, 0.1) is 5.41 Å². The third kappa shape index (κ3) is 2.49. The predicted octanol–water partition coefficient (Wildman–Crippen LogP) is 1.32. The number of hydrogen-bond acceptors (Lipinski definition) is 4. The van der Waals surface area contributed by atoms with Crippen LogP contribution < -0.4 is 5.73 Å². The highest BCUT2D eigenvalue weighted by atomic mass is 16.5. The molecule has 6 heteroatoms. The lowest BCUT2D eigenvalue weighted by Gasteiger charge is -2.42. The van der Waals surface area contributed by atoms with Gasteiger partial charge in [0.2, 0.25) is 5.91 Å². The van der Waals surface area contributed by atoms with Gasteiger partial charge >= 0.3 is 0 Å². The van der Waals surface area contributed by atoms with E-state index in [9.17, 15) is 4.79 Å². The van der Waals surface area contributed by atoms with E-state index in [1.165, 1.54) is 0 Å². The molecular weight excluding hydrogens is 258 g/mol. The van der Waals surface area contributed by atoms with Crippen molar-refractivity contribution < 1.29 is 14.7 Å². The van der Waals surface area contributed by atoms with E-state index in [1.807, 2.05) is 11.8 Å². The first-order valence-electron chi connectivity index (χ1n) is 7.46. The van der Waals surface area contributed by atoms with Gasteiger partial charge in [0, 0.05) is 6.54 Å². The van der Waals surface area contributed by atoms with Gasteiger partial charge in [0.1, 0.15) is 5.41 Å². The average Bonchev–Trinajstić information content (AvgIpc) is 2.96. The summed E-state index contributed by atoms with van der Waals surface area (Å²) in [5.74, 6) is 0.0706. The number of amidine groups is 1. The standard InChI is InChI=1S/C14H25N3O3/c1-3-11-9-20-10(2)8-17(11)13(18)14(12(15)16-19)6-4-5-7-14/h10-11,19H,3-9H2,1-2H3,(H2,15,16). The minimum atomic E-state index is -0.806. The van der Waals surface area contributed by atoms with E-state index in [0.717, 1.165) is 19.3 Å². The Kier molecular flexibility index (Phi) is 4.52. The van der Waals surface area contributed by atoms with Gasteiger partial charge in [-0.1, -0.05) is 24.9 Å². The van der Waals surface area contributed by atoms with Crippen LogP contribution >= 0.6 is 0 Å². The van der Waals surface area contributed by atoms with Gasteiger partial charge in [-0.3, -0.25) is 4.79 Å². The Morgan fingerprint density at radius 2 is 2.15 bits per heavy atom. The van der Waals surface area contributed by atoms with Gasteiger partial charge in [-0.25, -0.2) is 0 Å². The van der Waals surface area contributed by atoms with Crippen molar-refractivity contribution in [2.45, 2.75) is 58.1 Å². The van der Waals surface area contributed by atoms with Gasteiger partial charge in [0.05, 0.1) is 18.8 Å². The lowest BCUT2D eigenvalue weighted by Crippen LogP contribution is -2.58. The first-order valence-corrected chi connectivity index (χ1v) is 7.46. The van der Waals surface area contributed by atoms with Crippen LogP contribution in [0.4, 0.5) is 0 Å². The SMILES string of the molecule is CCC1COC(C)CN1C(=O)C1(C(N)=NO)CCCC1. The monoisotopic (exact) mass is 283 g/mol. The van der Waals surface area contributed by atoms with Gasteiger partial charge in [0.15, 0.2) is 5.84 Å². The molecule has 1 amide bonds. The summed E-state index contributed by atoms with van der Waals surface area (Å²) in [7, 11) is 0. The summed E-state index contributed by atoms with van der Waals surface area (Å²) in [6.45, 7) is 5.17. The van der Waals surface area contributed by atoms with Crippen molar-refractivity contribution >= 4 is 11.7 Å². The first kappa shape index (κ1) is 15.1. The fraction of sp³-hybridized carbons (Fsp3) is 0.857. The molecular formula is C14H25N3O3. The van der Waals surface area contributed by atoms with Crippen molar-refractivity contribution in [1.29, 1.82) is 0 Å². The summed E-state index contributed by atoms with van der Waals surface area (Å²) in [5, 5.41) is 12.2. The molecule has 0 spiro atoms. The zero-order valence-electron chi connectivity index (χ0n) is 12.3. The number of amides is 1. The van der Waals surface area contributed by atoms with Crippen LogP contribution in [0.3, 0.4) is 0 Å². The van der Waals surface area contributed by atoms with Crippen molar-refractivity contribution in [3.05, 3.63) is 0 Å². The summed E-state index contributed by atoms with van der Waals surface area (Å²) in [5.41, 5.74) is 5.06. The normalized spacial score (nSPS) is 30.5. The Morgan fingerprint density at radius 1 is 1.50 bits per heavy atom. The highest BCUT2D eigenvalue weighted by molar-refractivity contribution is 6.07. The number of rotatable bonds is 3. The van der Waals surface area contributed by atoms with Gasteiger partial charge in [-0.15, -0.1) is 0 Å². The number of hydrogen-bond donors (Lipinski definition) is 2. The number of carbonyl (C=O) groups excluding carboxylic acids is 1. The fourth-order valence-corrected chi connectivity index (χ4v) is 3.36. The molecule has 20 heavy (non-hydrogen) atoms. The molecule has 1 aliphatic heterocycles. The summed E-state index contributed by atoms with van der Waals surface area (Å²) < 4.78 is 5.64. The van der Waals surface area contributed by atoms with Gasteiger partial charge in [-0.05, 0) is 26.2 Å². The number of oxime groups is 1. The molecule has 0 aromatic rings. The molecule has 1 aliphatic carbocycles. The molecule has 0 bridgehead atoms. The van der Waals surface area contributed by atoms with E-state index >= 15 is 0 Å². The summed E-state index contributed by atoms with van der Waals surface area (Å²) in [6.07, 6.45) is 4.11. The molecule has 2 aliphatic rings. The number of nitrogens with zero attached hydrogens (tertiary/aromatic N) is 2. The molecule has 2 atom stereocenters. The Bertz CT molecular complexity index is 391. The fourth-order valence-electron chi connectivity index (χ4n) is 3.36. The van der Waals surface area contributed by atoms with E-state index in [2.05, 4.69) is 12.1 Å². The second kappa shape index (κ2) is 5.99. The molecule has 1 heterocycles. The third-order valence-corrected chi connectivity index (χ3v) is 4.66. The van der Waals surface area contributed by atoms with Crippen molar-refractivity contribution in [2.75, 3.05) is 13.2 Å². The Balaban J connectivity index is 2.26. The quantitative estimate of drug-likeness (QED) is 0.354. The molecule has 0 aromatic heterocycles. The second-order valence-electron chi connectivity index (χ2n) is 5.94. The van der Waals surface area contributed by atoms with Crippen LogP contribution in [0.25, 0.3) is 0 Å². The molecule has 114 valence electrons. The summed E-state index contributed by atoms with van der Waals surface area (Å²) >= 11 is 0. The summed E-state index contributed by atoms with van der Waals surface area (Å²) in [4.78, 5) is 14.9. The van der Waals surface area contributed by atoms with Crippen molar-refractivity contribution in [3.63, 3.8) is 0 Å². The van der Waals surface area contributed by atoms with Crippen LogP contribution in [0.5, 0.6) is 0 Å². The maximum absolute atomic E-state index is 13.0. The van der Waals surface area contributed by atoms with Crippen molar-refractivity contribution in [2.24, 2.45) is 16.3 Å². The van der Waals surface area contributed by atoms with Crippen LogP contribution in [-0.2, 0) is 9.53 Å². The number of nitrogens with two attached hydrogens (primary N) is 1. The van der Waals surface area contributed by atoms with Crippen LogP contribution in [0.2, 0.25) is 0 Å². The van der Waals surface area contributed by atoms with Gasteiger partial charge in [0.25, 0.3) is 0 Å². The van der Waals surface area contributed by atoms with E-state index in [0.29, 0.717) is 26.0 Å². The van der Waals surface area contributed by atoms with E-state index < -0.39 is 5.41 Å². The molecule has 0 aromatic carbocycles. The lowest BCUT2D eigenvalue weighted by molar-refractivity contribution is -0.151. The Morgan fingerprint density at radius 3 is 2.70 bits per heavy atom. The Labute approximate surface area is 119 Å². The van der Waals surface area contributed by atoms with Crippen LogP contribution in [0.15, 0.2) is 5.16 Å². The predicted molar refractivity (Wildman–Crippen MR) is 75.5 cm³/mol. The maximum atomic E-state index is 13.0. The van der Waals surface area contributed by atoms with Gasteiger partial charge < -0.3 is 20.6 Å². The molecule has 1 saturated carbocycles. The second-order valence-corrected chi connectivity index (χ2v) is 5.94. The zero-order chi connectivity index (χ0) is 14.8. The van der Waals surface area contributed by atoms with E-state index in [1.54, 1.807) is 0 Å². The number of carbonyl (C=O) groups is 1. The highest BCUT2D eigenvalue weighted by Crippen LogP contribution is 2.41. The highest BCUT2D eigenvalue weighted by Gasteiger charge is 2.49. The average molecular weight is 283 g/mol. The molecule has 2 rings (SSSR count). The van der Waals surface area contributed by atoms with E-state index in [4.69, 9.17) is 15.7 Å². The zero-order valence-corrected chi connectivity index (χ0v) is 12.3. The van der Waals surface area contributed by atoms with Crippen LogP contribution in [-0.4, -0.2) is 47.1 Å². The molecule has 1 saturated heterocycles. The molecule has 2 unspecified atom stereocenters. The Hall–Kier alpha value is -1.30. The minimum absolute atomic E-state index is 0.00676. The molecule has 2 fully saturated rings. The largest absolute Gasteiger partial charge is 0.409 e. The van der Waals surface area contributed by atoms with Crippen molar-refractivity contribution in [3.8, 4) is 0 Å². The van der Waals surface area contributed by atoms with Gasteiger partial charge in [-0.2, -0.15) is 0 Å². The molecule has 3 N–H and O–H groups in total. The topological polar surface area (TPSA) is 88.2 Å². The van der Waals surface area contributed by atoms with Crippen LogP contribution in [0.1, 0.15) is 46.0 Å². The first-order chi connectivity index (χ1) is 9.55. The third-order valence-electron chi connectivity index (χ3n) is 4.66. The van der Waals surface area contributed by atoms with Crippen molar-refractivity contribution in [1.82, 2.24) is 4.90 Å². The maximum Gasteiger partial charge on any atom is 0.236 e.